The molecular weight excluding hydrogens is 415 g/mol. The van der Waals surface area contributed by atoms with Gasteiger partial charge in [0.15, 0.2) is 5.76 Å². The van der Waals surface area contributed by atoms with Crippen molar-refractivity contribution in [2.75, 3.05) is 45.8 Å². The minimum absolute atomic E-state index is 0. The summed E-state index contributed by atoms with van der Waals surface area (Å²) in [7, 11) is 0. The molecule has 0 aliphatic rings. The number of hydrogen-bond donors (Lipinski definition) is 0. The summed E-state index contributed by atoms with van der Waals surface area (Å²) in [5.41, 5.74) is 1.02. The maximum Gasteiger partial charge on any atom is 0.159 e. The molecule has 0 fully saturated rings. The monoisotopic (exact) mass is 458 g/mol. The first-order valence-corrected chi connectivity index (χ1v) is 11.7. The number of furan rings is 1. The normalized spacial score (nSPS) is 11.9. The van der Waals surface area contributed by atoms with E-state index in [0.717, 1.165) is 22.4 Å². The number of quaternary nitrogens is 2. The molecule has 0 amide bonds. The number of hydrogen-bond acceptors (Lipinski definition) is 1. The molecule has 2 aromatic rings. The zero-order valence-corrected chi connectivity index (χ0v) is 21.4. The molecule has 0 radical (unpaired) electrons. The van der Waals surface area contributed by atoms with Crippen molar-refractivity contribution in [1.29, 1.82) is 0 Å². The maximum absolute atomic E-state index is 6.13. The van der Waals surface area contributed by atoms with E-state index in [9.17, 15) is 0 Å². The fourth-order valence-electron chi connectivity index (χ4n) is 4.68. The molecule has 0 atom stereocenters. The van der Waals surface area contributed by atoms with Gasteiger partial charge < -0.3 is 38.2 Å². The summed E-state index contributed by atoms with van der Waals surface area (Å²) in [6.07, 6.45) is 5.43. The molecule has 0 unspecified atom stereocenters. The minimum Gasteiger partial charge on any atom is -1.00 e. The number of para-hydroxylation sites is 1. The number of unbranched alkanes of at least 4 members (excludes halogenated alkanes) is 3. The predicted molar refractivity (Wildman–Crippen MR) is 121 cm³/mol. The zero-order chi connectivity index (χ0) is 20.5. The third-order valence-corrected chi connectivity index (χ3v) is 7.34. The van der Waals surface area contributed by atoms with Crippen LogP contribution < -0.4 is 24.8 Å². The van der Waals surface area contributed by atoms with E-state index in [1.165, 1.54) is 81.4 Å². The van der Waals surface area contributed by atoms with E-state index in [-0.39, 0.29) is 24.8 Å². The number of benzene rings is 1. The van der Waals surface area contributed by atoms with E-state index in [2.05, 4.69) is 65.0 Å². The van der Waals surface area contributed by atoms with Gasteiger partial charge in [0.25, 0.3) is 0 Å². The Morgan fingerprint density at radius 3 is 1.67 bits per heavy atom. The summed E-state index contributed by atoms with van der Waals surface area (Å²) in [4.78, 5) is 0. The van der Waals surface area contributed by atoms with Crippen molar-refractivity contribution < 1.29 is 38.2 Å². The lowest BCUT2D eigenvalue weighted by Gasteiger charge is -2.36. The molecule has 0 aliphatic carbocycles. The molecule has 0 bridgehead atoms. The van der Waals surface area contributed by atoms with Crippen molar-refractivity contribution in [3.05, 3.63) is 36.1 Å². The topological polar surface area (TPSA) is 13.1 Å². The van der Waals surface area contributed by atoms with E-state index in [1.54, 1.807) is 0 Å². The quantitative estimate of drug-likeness (QED) is 0.291. The Morgan fingerprint density at radius 1 is 0.667 bits per heavy atom. The lowest BCUT2D eigenvalue weighted by molar-refractivity contribution is -0.938. The second-order valence-corrected chi connectivity index (χ2v) is 8.53. The average Bonchev–Trinajstić information content (AvgIpc) is 3.15. The summed E-state index contributed by atoms with van der Waals surface area (Å²) in [6.45, 7) is 21.5. The van der Waals surface area contributed by atoms with Crippen LogP contribution in [0.25, 0.3) is 11.0 Å². The lowest BCUT2D eigenvalue weighted by atomic mass is 10.1. The van der Waals surface area contributed by atoms with Crippen molar-refractivity contribution in [2.24, 2.45) is 0 Å². The number of rotatable bonds is 14. The van der Waals surface area contributed by atoms with Gasteiger partial charge in [0.1, 0.15) is 12.1 Å². The minimum atomic E-state index is 0. The summed E-state index contributed by atoms with van der Waals surface area (Å²) in [6, 6.07) is 10.6. The Hall–Kier alpha value is -0.740. The third kappa shape index (κ3) is 7.75. The van der Waals surface area contributed by atoms with Crippen molar-refractivity contribution in [1.82, 2.24) is 0 Å². The molecule has 30 heavy (non-hydrogen) atoms. The van der Waals surface area contributed by atoms with Crippen molar-refractivity contribution in [3.63, 3.8) is 0 Å². The fraction of sp³-hybridized carbons (Fsp3) is 0.680. The molecule has 0 aliphatic heterocycles. The Balaban J connectivity index is 0.00000420. The van der Waals surface area contributed by atoms with Crippen LogP contribution >= 0.6 is 0 Å². The first-order valence-electron chi connectivity index (χ1n) is 11.7. The molecule has 0 spiro atoms. The molecular formula is C25H44Cl2N2O. The Morgan fingerprint density at radius 2 is 1.17 bits per heavy atom. The molecule has 0 N–H and O–H groups in total. The Bertz CT molecular complexity index is 652. The van der Waals surface area contributed by atoms with Crippen molar-refractivity contribution in [3.8, 4) is 0 Å². The maximum atomic E-state index is 6.13. The highest BCUT2D eigenvalue weighted by Crippen LogP contribution is 2.23. The average molecular weight is 460 g/mol. The van der Waals surface area contributed by atoms with Crippen LogP contribution in [0.2, 0.25) is 0 Å². The zero-order valence-electron chi connectivity index (χ0n) is 19.9. The van der Waals surface area contributed by atoms with E-state index in [4.69, 9.17) is 4.42 Å². The fourth-order valence-corrected chi connectivity index (χ4v) is 4.68. The van der Waals surface area contributed by atoms with Crippen LogP contribution in [0.3, 0.4) is 0 Å². The number of halogens is 2. The van der Waals surface area contributed by atoms with Gasteiger partial charge in [-0.2, -0.15) is 0 Å². The molecule has 1 aromatic heterocycles. The summed E-state index contributed by atoms with van der Waals surface area (Å²) in [5.74, 6) is 1.14. The van der Waals surface area contributed by atoms with Crippen LogP contribution in [0.5, 0.6) is 0 Å². The van der Waals surface area contributed by atoms with Gasteiger partial charge in [-0.15, -0.1) is 0 Å². The standard InChI is InChI=1S/C25H44N2O.2ClH/c1-6-26(7-2,8-3)19-15-11-12-16-20-27(9-4,10-5)22-24-21-23-17-13-14-18-25(23)28-24;;/h13-14,17-18,21H,6-12,15-16,19-20,22H2,1-5H3;2*1H/q+2;;/p-2. The van der Waals surface area contributed by atoms with Gasteiger partial charge in [0.2, 0.25) is 0 Å². The summed E-state index contributed by atoms with van der Waals surface area (Å²) < 4.78 is 8.55. The first kappa shape index (κ1) is 29.3. The molecule has 1 heterocycles. The molecule has 0 saturated heterocycles. The van der Waals surface area contributed by atoms with E-state index in [0.29, 0.717) is 0 Å². The SMILES string of the molecule is CC[N+](CC)(CC)CCCCCC[N+](CC)(CC)Cc1cc2ccccc2o1.[Cl-].[Cl-]. The van der Waals surface area contributed by atoms with Gasteiger partial charge in [0.05, 0.1) is 45.8 Å². The van der Waals surface area contributed by atoms with Gasteiger partial charge in [-0.3, -0.25) is 0 Å². The number of nitrogens with zero attached hydrogens (tertiary/aromatic N) is 2. The molecule has 2 rings (SSSR count). The summed E-state index contributed by atoms with van der Waals surface area (Å²) in [5, 5.41) is 1.23. The molecule has 1 aromatic carbocycles. The highest BCUT2D eigenvalue weighted by atomic mass is 35.5. The van der Waals surface area contributed by atoms with Gasteiger partial charge in [0, 0.05) is 5.39 Å². The second-order valence-electron chi connectivity index (χ2n) is 8.53. The van der Waals surface area contributed by atoms with Crippen LogP contribution in [0.1, 0.15) is 66.1 Å². The third-order valence-electron chi connectivity index (χ3n) is 7.34. The van der Waals surface area contributed by atoms with Gasteiger partial charge in [-0.1, -0.05) is 18.2 Å². The van der Waals surface area contributed by atoms with Gasteiger partial charge in [-0.05, 0) is 72.4 Å². The Labute approximate surface area is 197 Å². The van der Waals surface area contributed by atoms with Gasteiger partial charge in [-0.25, -0.2) is 0 Å². The Kier molecular flexibility index (Phi) is 14.0. The summed E-state index contributed by atoms with van der Waals surface area (Å²) >= 11 is 0. The van der Waals surface area contributed by atoms with Crippen LogP contribution in [-0.4, -0.2) is 54.8 Å². The predicted octanol–water partition coefficient (Wildman–Crippen LogP) is 0.234. The molecule has 3 nitrogen and oxygen atoms in total. The van der Waals surface area contributed by atoms with Gasteiger partial charge >= 0.3 is 0 Å². The van der Waals surface area contributed by atoms with Crippen molar-refractivity contribution >= 4 is 11.0 Å². The van der Waals surface area contributed by atoms with Crippen LogP contribution in [-0.2, 0) is 6.54 Å². The number of fused-ring (bicyclic) bond motifs is 1. The second kappa shape index (κ2) is 14.3. The largest absolute Gasteiger partial charge is 1.00 e. The molecule has 0 saturated carbocycles. The van der Waals surface area contributed by atoms with Crippen molar-refractivity contribution in [2.45, 2.75) is 66.8 Å². The van der Waals surface area contributed by atoms with E-state index >= 15 is 0 Å². The van der Waals surface area contributed by atoms with Crippen LogP contribution in [0.15, 0.2) is 34.7 Å². The van der Waals surface area contributed by atoms with E-state index < -0.39 is 0 Å². The van der Waals surface area contributed by atoms with E-state index in [1.807, 2.05) is 0 Å². The molecule has 5 heteroatoms. The lowest BCUT2D eigenvalue weighted by Crippen LogP contribution is -3.00. The van der Waals surface area contributed by atoms with Crippen LogP contribution in [0, 0.1) is 0 Å². The molecule has 174 valence electrons. The highest BCUT2D eigenvalue weighted by molar-refractivity contribution is 5.77. The van der Waals surface area contributed by atoms with Crippen LogP contribution in [0.4, 0.5) is 0 Å². The first-order chi connectivity index (χ1) is 13.6. The highest BCUT2D eigenvalue weighted by Gasteiger charge is 2.25. The smallest absolute Gasteiger partial charge is 0.159 e.